The van der Waals surface area contributed by atoms with Crippen molar-refractivity contribution < 1.29 is 4.74 Å². The number of hydrogen-bond acceptors (Lipinski definition) is 2. The van der Waals surface area contributed by atoms with Crippen LogP contribution in [0.2, 0.25) is 5.15 Å². The number of benzene rings is 1. The van der Waals surface area contributed by atoms with Crippen molar-refractivity contribution in [2.75, 3.05) is 6.61 Å². The summed E-state index contributed by atoms with van der Waals surface area (Å²) in [6.45, 7) is 0.646. The van der Waals surface area contributed by atoms with Crippen LogP contribution in [0.15, 0.2) is 48.7 Å². The largest absolute Gasteiger partial charge is 0.492 e. The summed E-state index contributed by atoms with van der Waals surface area (Å²) in [6, 6.07) is 13.8. The predicted molar refractivity (Wildman–Crippen MR) is 64.9 cm³/mol. The van der Waals surface area contributed by atoms with Gasteiger partial charge in [0.15, 0.2) is 0 Å². The van der Waals surface area contributed by atoms with E-state index in [0.29, 0.717) is 11.8 Å². The van der Waals surface area contributed by atoms with Gasteiger partial charge in [0.05, 0.1) is 12.8 Å². The molecule has 0 fully saturated rings. The summed E-state index contributed by atoms with van der Waals surface area (Å²) in [4.78, 5) is 3.95. The first-order valence-electron chi connectivity index (χ1n) is 5.13. The molecule has 2 nitrogen and oxygen atoms in total. The van der Waals surface area contributed by atoms with E-state index in [1.807, 2.05) is 24.3 Å². The zero-order valence-electron chi connectivity index (χ0n) is 8.77. The number of hydrogen-bond donors (Lipinski definition) is 0. The Bertz CT molecular complexity index is 427. The number of ether oxygens (including phenoxy) is 1. The fraction of sp³-hybridized carbons (Fsp3) is 0.154. The Labute approximate surface area is 99.9 Å². The van der Waals surface area contributed by atoms with Crippen molar-refractivity contribution in [1.29, 1.82) is 0 Å². The maximum Gasteiger partial charge on any atom is 0.137 e. The molecule has 82 valence electrons. The number of nitrogens with zero attached hydrogens (tertiary/aromatic N) is 1. The van der Waals surface area contributed by atoms with Gasteiger partial charge in [-0.15, -0.1) is 0 Å². The molecule has 1 aromatic carbocycles. The molecule has 2 aromatic rings. The SMILES string of the molecule is Clc1ccc(OCCc2ccccc2)cn1. The first-order valence-corrected chi connectivity index (χ1v) is 5.51. The lowest BCUT2D eigenvalue weighted by Crippen LogP contribution is -2.01. The number of pyridine rings is 1. The van der Waals surface area contributed by atoms with E-state index >= 15 is 0 Å². The van der Waals surface area contributed by atoms with E-state index in [0.717, 1.165) is 12.2 Å². The number of rotatable bonds is 4. The Hall–Kier alpha value is -1.54. The lowest BCUT2D eigenvalue weighted by Gasteiger charge is -2.05. The van der Waals surface area contributed by atoms with Gasteiger partial charge in [-0.2, -0.15) is 0 Å². The minimum Gasteiger partial charge on any atom is -0.492 e. The minimum atomic E-state index is 0.482. The molecule has 0 saturated carbocycles. The predicted octanol–water partition coefficient (Wildman–Crippen LogP) is 3.36. The molecule has 0 bridgehead atoms. The molecular formula is C13H12ClNO. The van der Waals surface area contributed by atoms with Crippen molar-refractivity contribution in [3.63, 3.8) is 0 Å². The maximum atomic E-state index is 5.67. The summed E-state index contributed by atoms with van der Waals surface area (Å²) < 4.78 is 5.54. The molecule has 0 spiro atoms. The average Bonchev–Trinajstić information content (AvgIpc) is 2.33. The second kappa shape index (κ2) is 5.52. The monoisotopic (exact) mass is 233 g/mol. The van der Waals surface area contributed by atoms with E-state index in [1.165, 1.54) is 5.56 Å². The Morgan fingerprint density at radius 2 is 1.88 bits per heavy atom. The van der Waals surface area contributed by atoms with Crippen molar-refractivity contribution in [2.45, 2.75) is 6.42 Å². The van der Waals surface area contributed by atoms with Gasteiger partial charge in [-0.1, -0.05) is 41.9 Å². The van der Waals surface area contributed by atoms with E-state index in [2.05, 4.69) is 17.1 Å². The average molecular weight is 234 g/mol. The van der Waals surface area contributed by atoms with Gasteiger partial charge in [-0.05, 0) is 17.7 Å². The Morgan fingerprint density at radius 3 is 2.56 bits per heavy atom. The third-order valence-corrected chi connectivity index (χ3v) is 2.43. The molecule has 0 unspecified atom stereocenters. The second-order valence-corrected chi connectivity index (χ2v) is 3.79. The van der Waals surface area contributed by atoms with Crippen molar-refractivity contribution in [3.05, 3.63) is 59.4 Å². The molecule has 3 heteroatoms. The van der Waals surface area contributed by atoms with Crippen LogP contribution >= 0.6 is 11.6 Å². The van der Waals surface area contributed by atoms with Crippen molar-refractivity contribution in [2.24, 2.45) is 0 Å². The molecule has 0 saturated heterocycles. The normalized spacial score (nSPS) is 10.1. The van der Waals surface area contributed by atoms with Gasteiger partial charge in [0.25, 0.3) is 0 Å². The highest BCUT2D eigenvalue weighted by Gasteiger charge is 1.95. The molecule has 0 aliphatic rings. The highest BCUT2D eigenvalue weighted by molar-refractivity contribution is 6.29. The summed E-state index contributed by atoms with van der Waals surface area (Å²) in [5, 5.41) is 0.482. The summed E-state index contributed by atoms with van der Waals surface area (Å²) >= 11 is 5.67. The third kappa shape index (κ3) is 3.24. The first kappa shape index (κ1) is 11.0. The summed E-state index contributed by atoms with van der Waals surface area (Å²) in [5.74, 6) is 0.750. The van der Waals surface area contributed by atoms with Crippen molar-refractivity contribution >= 4 is 11.6 Å². The topological polar surface area (TPSA) is 22.1 Å². The van der Waals surface area contributed by atoms with Crippen LogP contribution in [-0.2, 0) is 6.42 Å². The van der Waals surface area contributed by atoms with Crippen LogP contribution < -0.4 is 4.74 Å². The van der Waals surface area contributed by atoms with Gasteiger partial charge >= 0.3 is 0 Å². The van der Waals surface area contributed by atoms with Crippen LogP contribution in [0, 0.1) is 0 Å². The van der Waals surface area contributed by atoms with E-state index < -0.39 is 0 Å². The van der Waals surface area contributed by atoms with Gasteiger partial charge in [0.2, 0.25) is 0 Å². The molecule has 1 aromatic heterocycles. The lowest BCUT2D eigenvalue weighted by molar-refractivity contribution is 0.320. The van der Waals surface area contributed by atoms with E-state index in [9.17, 15) is 0 Å². The van der Waals surface area contributed by atoms with Crippen LogP contribution in [-0.4, -0.2) is 11.6 Å². The van der Waals surface area contributed by atoms with Crippen LogP contribution in [0.1, 0.15) is 5.56 Å². The molecule has 1 heterocycles. The molecule has 2 rings (SSSR count). The van der Waals surface area contributed by atoms with Gasteiger partial charge in [0, 0.05) is 6.42 Å². The van der Waals surface area contributed by atoms with Crippen LogP contribution in [0.5, 0.6) is 5.75 Å². The van der Waals surface area contributed by atoms with Crippen LogP contribution in [0.3, 0.4) is 0 Å². The highest BCUT2D eigenvalue weighted by atomic mass is 35.5. The van der Waals surface area contributed by atoms with Gasteiger partial charge in [-0.25, -0.2) is 4.98 Å². The fourth-order valence-corrected chi connectivity index (χ4v) is 1.49. The Morgan fingerprint density at radius 1 is 1.06 bits per heavy atom. The second-order valence-electron chi connectivity index (χ2n) is 3.40. The minimum absolute atomic E-state index is 0.482. The lowest BCUT2D eigenvalue weighted by atomic mass is 10.2. The smallest absolute Gasteiger partial charge is 0.137 e. The zero-order chi connectivity index (χ0) is 11.2. The fourth-order valence-electron chi connectivity index (χ4n) is 1.38. The standard InChI is InChI=1S/C13H12ClNO/c14-13-7-6-12(10-15-13)16-9-8-11-4-2-1-3-5-11/h1-7,10H,8-9H2. The van der Waals surface area contributed by atoms with E-state index in [1.54, 1.807) is 12.3 Å². The summed E-state index contributed by atoms with van der Waals surface area (Å²) in [5.41, 5.74) is 1.27. The third-order valence-electron chi connectivity index (χ3n) is 2.20. The molecular weight excluding hydrogens is 222 g/mol. The molecule has 0 aliphatic carbocycles. The highest BCUT2D eigenvalue weighted by Crippen LogP contribution is 2.12. The first-order chi connectivity index (χ1) is 7.84. The zero-order valence-corrected chi connectivity index (χ0v) is 9.52. The molecule has 16 heavy (non-hydrogen) atoms. The quantitative estimate of drug-likeness (QED) is 0.756. The van der Waals surface area contributed by atoms with Crippen molar-refractivity contribution in [1.82, 2.24) is 4.98 Å². The molecule has 0 aliphatic heterocycles. The number of halogens is 1. The van der Waals surface area contributed by atoms with Gasteiger partial charge in [0.1, 0.15) is 10.9 Å². The van der Waals surface area contributed by atoms with Gasteiger partial charge in [-0.3, -0.25) is 0 Å². The molecule has 0 atom stereocenters. The summed E-state index contributed by atoms with van der Waals surface area (Å²) in [7, 11) is 0. The molecule has 0 N–H and O–H groups in total. The van der Waals surface area contributed by atoms with E-state index in [-0.39, 0.29) is 0 Å². The maximum absolute atomic E-state index is 5.67. The van der Waals surface area contributed by atoms with Crippen molar-refractivity contribution in [3.8, 4) is 5.75 Å². The Balaban J connectivity index is 1.82. The van der Waals surface area contributed by atoms with Crippen LogP contribution in [0.25, 0.3) is 0 Å². The number of aromatic nitrogens is 1. The summed E-state index contributed by atoms with van der Waals surface area (Å²) in [6.07, 6.45) is 2.52. The molecule has 0 radical (unpaired) electrons. The van der Waals surface area contributed by atoms with Crippen LogP contribution in [0.4, 0.5) is 0 Å². The Kier molecular flexibility index (Phi) is 3.78. The molecule has 0 amide bonds. The van der Waals surface area contributed by atoms with Gasteiger partial charge < -0.3 is 4.74 Å². The van der Waals surface area contributed by atoms with E-state index in [4.69, 9.17) is 16.3 Å².